The summed E-state index contributed by atoms with van der Waals surface area (Å²) in [6, 6.07) is 22.1. The van der Waals surface area contributed by atoms with Gasteiger partial charge in [0, 0.05) is 51.6 Å². The van der Waals surface area contributed by atoms with Crippen molar-refractivity contribution in [1.82, 2.24) is 35.6 Å². The average Bonchev–Trinajstić information content (AvgIpc) is 4.01. The van der Waals surface area contributed by atoms with Crippen LogP contribution in [-0.4, -0.2) is 132 Å². The van der Waals surface area contributed by atoms with E-state index in [0.717, 1.165) is 38.3 Å². The maximum Gasteiger partial charge on any atom is 0.409 e. The first-order chi connectivity index (χ1) is 30.8. The van der Waals surface area contributed by atoms with Gasteiger partial charge < -0.3 is 40.3 Å². The molecule has 16 heteroatoms. The molecule has 2 aliphatic heterocycles. The largest absolute Gasteiger partial charge is 0.448 e. The molecule has 1 aliphatic carbocycles. The predicted octanol–water partition coefficient (Wildman–Crippen LogP) is 3.75. The summed E-state index contributed by atoms with van der Waals surface area (Å²) in [7, 11) is 0. The van der Waals surface area contributed by atoms with Gasteiger partial charge in [0.1, 0.15) is 25.3 Å². The summed E-state index contributed by atoms with van der Waals surface area (Å²) in [5.41, 5.74) is 8.01. The molecule has 0 unspecified atom stereocenters. The minimum Gasteiger partial charge on any atom is -0.448 e. The quantitative estimate of drug-likeness (QED) is 0.128. The highest BCUT2D eigenvalue weighted by molar-refractivity contribution is 7.13. The fourth-order valence-corrected chi connectivity index (χ4v) is 9.24. The van der Waals surface area contributed by atoms with Gasteiger partial charge in [-0.15, -0.1) is 17.8 Å². The molecule has 7 rings (SSSR count). The van der Waals surface area contributed by atoms with Crippen LogP contribution in [0.3, 0.4) is 0 Å². The highest BCUT2D eigenvalue weighted by Crippen LogP contribution is 2.44. The number of likely N-dealkylation sites (tertiary alicyclic amines) is 1. The number of nitrogens with one attached hydrogen (secondary N) is 3. The Morgan fingerprint density at radius 2 is 1.59 bits per heavy atom. The maximum atomic E-state index is 14.2. The summed E-state index contributed by atoms with van der Waals surface area (Å²) in [5.74, 6) is 0.789. The van der Waals surface area contributed by atoms with E-state index in [4.69, 9.17) is 15.9 Å². The van der Waals surface area contributed by atoms with Crippen LogP contribution in [0.4, 0.5) is 4.79 Å². The molecule has 336 valence electrons. The Bertz CT molecular complexity index is 2320. The fraction of sp³-hybridized carbons (Fsp3) is 0.417. The molecule has 0 bridgehead atoms. The van der Waals surface area contributed by atoms with Gasteiger partial charge in [0.25, 0.3) is 0 Å². The van der Waals surface area contributed by atoms with Crippen molar-refractivity contribution in [1.29, 1.82) is 0 Å². The first-order valence-corrected chi connectivity index (χ1v) is 22.4. The minimum absolute atomic E-state index is 0.0221. The number of thiazole rings is 1. The topological polar surface area (TPSA) is 183 Å². The number of carbonyl (C=O) groups excluding carboxylic acids is 5. The number of aromatic nitrogens is 1. The highest BCUT2D eigenvalue weighted by atomic mass is 32.1. The summed E-state index contributed by atoms with van der Waals surface area (Å²) in [5, 5.41) is 19.1. The molecule has 3 aromatic carbocycles. The molecule has 0 saturated carbocycles. The van der Waals surface area contributed by atoms with E-state index < -0.39 is 35.4 Å². The molecule has 3 heterocycles. The van der Waals surface area contributed by atoms with Gasteiger partial charge in [0.2, 0.25) is 23.6 Å². The second kappa shape index (κ2) is 20.6. The SMILES string of the molecule is C#CCNC(=O)COCc1ncsc1-c1ccc(CNC(=O)[C@@H]2C[C@@H](O)CN2C(=O)[C@@H](NC(=O)CN2CCN(C(=O)OCC3c4ccccc4-c4ccccc43)CC2)C(C)(C)C)cc1. The van der Waals surface area contributed by atoms with Crippen LogP contribution in [0.25, 0.3) is 21.6 Å². The lowest BCUT2D eigenvalue weighted by Crippen LogP contribution is -2.59. The minimum atomic E-state index is -0.970. The predicted molar refractivity (Wildman–Crippen MR) is 241 cm³/mol. The summed E-state index contributed by atoms with van der Waals surface area (Å²) in [4.78, 5) is 76.6. The Morgan fingerprint density at radius 1 is 0.922 bits per heavy atom. The van der Waals surface area contributed by atoms with Crippen LogP contribution in [-0.2, 0) is 41.8 Å². The summed E-state index contributed by atoms with van der Waals surface area (Å²) < 4.78 is 11.4. The normalized spacial score (nSPS) is 17.8. The van der Waals surface area contributed by atoms with Crippen molar-refractivity contribution in [2.24, 2.45) is 5.41 Å². The lowest BCUT2D eigenvalue weighted by molar-refractivity contribution is -0.144. The Morgan fingerprint density at radius 3 is 2.25 bits per heavy atom. The molecule has 4 aromatic rings. The van der Waals surface area contributed by atoms with Crippen LogP contribution in [0.2, 0.25) is 0 Å². The molecular weight excluding hydrogens is 835 g/mol. The van der Waals surface area contributed by atoms with E-state index in [9.17, 15) is 29.1 Å². The number of aliphatic hydroxyl groups excluding tert-OH is 1. The van der Waals surface area contributed by atoms with E-state index in [1.807, 2.05) is 74.2 Å². The van der Waals surface area contributed by atoms with Crippen LogP contribution in [0.5, 0.6) is 0 Å². The number of β-amino-alcohol motifs (C(OH)–C–C–N with tert-alkyl or cyclic N) is 1. The average molecular weight is 890 g/mol. The molecule has 0 spiro atoms. The third-order valence-corrected chi connectivity index (χ3v) is 12.7. The fourth-order valence-electron chi connectivity index (χ4n) is 8.43. The van der Waals surface area contributed by atoms with Crippen molar-refractivity contribution in [2.45, 2.75) is 64.4 Å². The van der Waals surface area contributed by atoms with Crippen molar-refractivity contribution >= 4 is 41.1 Å². The molecule has 2 fully saturated rings. The molecular formula is C48H55N7O8S. The Balaban J connectivity index is 0.876. The van der Waals surface area contributed by atoms with E-state index >= 15 is 0 Å². The summed E-state index contributed by atoms with van der Waals surface area (Å²) in [6.45, 7) is 7.75. The summed E-state index contributed by atoms with van der Waals surface area (Å²) in [6.07, 6.45) is 3.95. The highest BCUT2D eigenvalue weighted by Gasteiger charge is 2.44. The molecule has 1 aromatic heterocycles. The first kappa shape index (κ1) is 45.9. The van der Waals surface area contributed by atoms with Gasteiger partial charge >= 0.3 is 6.09 Å². The molecule has 15 nitrogen and oxygen atoms in total. The van der Waals surface area contributed by atoms with Gasteiger partial charge in [-0.25, -0.2) is 9.78 Å². The number of amides is 5. The number of ether oxygens (including phenoxy) is 2. The van der Waals surface area contributed by atoms with E-state index in [0.29, 0.717) is 31.9 Å². The number of hydrogen-bond acceptors (Lipinski definition) is 11. The van der Waals surface area contributed by atoms with Crippen LogP contribution in [0.15, 0.2) is 78.3 Å². The molecule has 0 radical (unpaired) electrons. The zero-order valence-electron chi connectivity index (χ0n) is 36.4. The van der Waals surface area contributed by atoms with E-state index in [1.54, 1.807) is 10.4 Å². The molecule has 4 N–H and O–H groups in total. The van der Waals surface area contributed by atoms with Gasteiger partial charge in [-0.1, -0.05) is 99.5 Å². The van der Waals surface area contributed by atoms with Crippen LogP contribution < -0.4 is 16.0 Å². The zero-order chi connectivity index (χ0) is 45.4. The number of piperazine rings is 1. The molecule has 64 heavy (non-hydrogen) atoms. The van der Waals surface area contributed by atoms with Crippen molar-refractivity contribution < 1.29 is 38.6 Å². The molecule has 5 amide bonds. The van der Waals surface area contributed by atoms with Crippen LogP contribution in [0, 0.1) is 17.8 Å². The van der Waals surface area contributed by atoms with Crippen LogP contribution >= 0.6 is 11.3 Å². The smallest absolute Gasteiger partial charge is 0.409 e. The third-order valence-electron chi connectivity index (χ3n) is 11.8. The number of hydrogen-bond donors (Lipinski definition) is 4. The van der Waals surface area contributed by atoms with Gasteiger partial charge in [-0.2, -0.15) is 0 Å². The van der Waals surface area contributed by atoms with Gasteiger partial charge in [-0.3, -0.25) is 24.1 Å². The van der Waals surface area contributed by atoms with Gasteiger partial charge in [0.05, 0.1) is 41.9 Å². The maximum absolute atomic E-state index is 14.2. The van der Waals surface area contributed by atoms with Gasteiger partial charge in [0.15, 0.2) is 0 Å². The standard InChI is InChI=1S/C48H55N7O8S/c1-5-18-49-42(58)29-62-28-39-43(64-30-51-39)32-16-14-31(15-17-32)24-50-45(59)40-23-33(56)25-55(40)46(60)44(48(2,3)4)52-41(57)26-53-19-21-54(22-20-53)47(61)63-27-38-36-12-8-6-10-34(36)35-11-7-9-13-37(35)38/h1,6-17,30,33,38,40,44,56H,18-29H2,2-4H3,(H,49,58)(H,50,59)(H,52,57)/t33-,40+,44-/m1/s1. The van der Waals surface area contributed by atoms with Crippen molar-refractivity contribution in [2.75, 3.05) is 59.0 Å². The Kier molecular flexibility index (Phi) is 14.8. The van der Waals surface area contributed by atoms with Crippen molar-refractivity contribution in [3.63, 3.8) is 0 Å². The Labute approximate surface area is 377 Å². The van der Waals surface area contributed by atoms with E-state index in [2.05, 4.69) is 51.1 Å². The van der Waals surface area contributed by atoms with Crippen molar-refractivity contribution in [3.05, 3.63) is 101 Å². The number of nitrogens with zero attached hydrogens (tertiary/aromatic N) is 4. The number of rotatable bonds is 15. The number of terminal acetylenes is 1. The molecule has 3 atom stereocenters. The van der Waals surface area contributed by atoms with Crippen LogP contribution in [0.1, 0.15) is 55.5 Å². The molecule has 3 aliphatic rings. The zero-order valence-corrected chi connectivity index (χ0v) is 37.2. The number of aliphatic hydroxyl groups is 1. The first-order valence-electron chi connectivity index (χ1n) is 21.5. The third kappa shape index (κ3) is 11.0. The summed E-state index contributed by atoms with van der Waals surface area (Å²) >= 11 is 1.44. The number of fused-ring (bicyclic) bond motifs is 3. The van der Waals surface area contributed by atoms with E-state index in [-0.39, 0.29) is 76.2 Å². The second-order valence-electron chi connectivity index (χ2n) is 17.3. The lowest BCUT2D eigenvalue weighted by atomic mass is 9.85. The monoisotopic (exact) mass is 889 g/mol. The van der Waals surface area contributed by atoms with Gasteiger partial charge in [-0.05, 0) is 38.8 Å². The number of benzene rings is 3. The van der Waals surface area contributed by atoms with Crippen molar-refractivity contribution in [3.8, 4) is 33.9 Å². The lowest BCUT2D eigenvalue weighted by Gasteiger charge is -2.37. The second-order valence-corrected chi connectivity index (χ2v) is 18.2. The number of carbonyl (C=O) groups is 5. The molecule has 2 saturated heterocycles. The van der Waals surface area contributed by atoms with E-state index in [1.165, 1.54) is 16.2 Å². The Hall–Kier alpha value is -6.12.